The van der Waals surface area contributed by atoms with Gasteiger partial charge in [-0.25, -0.2) is 4.98 Å². The first-order valence-electron chi connectivity index (χ1n) is 8.81. The smallest absolute Gasteiger partial charge is 0.331 e. The van der Waals surface area contributed by atoms with Crippen molar-refractivity contribution in [2.75, 3.05) is 6.54 Å². The predicted molar refractivity (Wildman–Crippen MR) is 99.4 cm³/mol. The van der Waals surface area contributed by atoms with E-state index in [4.69, 9.17) is 15.7 Å². The average Bonchev–Trinajstić information content (AvgIpc) is 3.18. The molecule has 0 bridgehead atoms. The molecule has 9 nitrogen and oxygen atoms in total. The Kier molecular flexibility index (Phi) is 5.81. The molecule has 1 unspecified atom stereocenters. The highest BCUT2D eigenvalue weighted by molar-refractivity contribution is 5.82. The monoisotopic (exact) mass is 381 g/mol. The topological polar surface area (TPSA) is 135 Å². The van der Waals surface area contributed by atoms with Crippen molar-refractivity contribution in [1.29, 1.82) is 5.26 Å². The van der Waals surface area contributed by atoms with Crippen molar-refractivity contribution in [2.45, 2.75) is 31.3 Å². The molecule has 144 valence electrons. The van der Waals surface area contributed by atoms with Crippen LogP contribution in [0.3, 0.4) is 0 Å². The van der Waals surface area contributed by atoms with E-state index < -0.39 is 17.0 Å². The fourth-order valence-electron chi connectivity index (χ4n) is 3.12. The number of hydrogen-bond donors (Lipinski definition) is 1. The third-order valence-electron chi connectivity index (χ3n) is 4.54. The molecule has 0 aliphatic carbocycles. The molecule has 3 rings (SSSR count). The van der Waals surface area contributed by atoms with Crippen LogP contribution in [0.2, 0.25) is 0 Å². The van der Waals surface area contributed by atoms with Gasteiger partial charge in [-0.3, -0.25) is 14.9 Å². The number of nitro groups is 1. The van der Waals surface area contributed by atoms with Crippen LogP contribution in [0.1, 0.15) is 18.4 Å². The summed E-state index contributed by atoms with van der Waals surface area (Å²) in [6, 6.07) is 10.5. The number of rotatable bonds is 6. The second-order valence-electron chi connectivity index (χ2n) is 6.46. The second-order valence-corrected chi connectivity index (χ2v) is 6.46. The predicted octanol–water partition coefficient (Wildman–Crippen LogP) is 2.17. The lowest BCUT2D eigenvalue weighted by molar-refractivity contribution is -0.386. The molecule has 2 atom stereocenters. The number of benzene rings is 1. The number of ether oxygens (including phenoxy) is 1. The zero-order valence-corrected chi connectivity index (χ0v) is 15.0. The Bertz CT molecular complexity index is 909. The van der Waals surface area contributed by atoms with Crippen LogP contribution in [0.15, 0.2) is 42.6 Å². The number of nitriles is 1. The Balaban J connectivity index is 1.64. The van der Waals surface area contributed by atoms with Crippen molar-refractivity contribution < 1.29 is 14.5 Å². The van der Waals surface area contributed by atoms with Crippen LogP contribution in [-0.4, -0.2) is 39.3 Å². The molecule has 1 aliphatic heterocycles. The Morgan fingerprint density at radius 1 is 1.43 bits per heavy atom. The van der Waals surface area contributed by atoms with Crippen LogP contribution in [0.25, 0.3) is 0 Å². The maximum atomic E-state index is 12.5. The van der Waals surface area contributed by atoms with Crippen LogP contribution >= 0.6 is 0 Å². The number of amides is 1. The first kappa shape index (κ1) is 19.3. The minimum Gasteiger partial charge on any atom is -0.434 e. The summed E-state index contributed by atoms with van der Waals surface area (Å²) in [5.74, 6) is 0.0618. The van der Waals surface area contributed by atoms with Gasteiger partial charge in [0, 0.05) is 18.8 Å². The number of hydrogen-bond acceptors (Lipinski definition) is 7. The summed E-state index contributed by atoms with van der Waals surface area (Å²) in [5.41, 5.74) is 6.63. The number of aromatic nitrogens is 1. The molecule has 1 saturated heterocycles. The number of likely N-dealkylation sites (tertiary alicyclic amines) is 1. The summed E-state index contributed by atoms with van der Waals surface area (Å²) in [6.45, 7) is 0.556. The number of carbonyl (C=O) groups excluding carboxylic acids is 1. The van der Waals surface area contributed by atoms with E-state index in [2.05, 4.69) is 11.1 Å². The molecule has 1 amide bonds. The van der Waals surface area contributed by atoms with E-state index >= 15 is 0 Å². The molecule has 1 fully saturated rings. The van der Waals surface area contributed by atoms with Gasteiger partial charge in [0.1, 0.15) is 11.8 Å². The standard InChI is InChI=1S/C19H19N5O4/c20-12-14-3-2-10-23(14)19(25)16(21)11-13-5-7-15(8-6-13)28-18-17(24(26)27)4-1-9-22-18/h1,4-9,14,16H,2-3,10-11,21H2/t14?,16-/m0/s1. The van der Waals surface area contributed by atoms with Gasteiger partial charge in [-0.15, -0.1) is 0 Å². The van der Waals surface area contributed by atoms with Crippen molar-refractivity contribution in [3.8, 4) is 17.7 Å². The van der Waals surface area contributed by atoms with Gasteiger partial charge in [0.2, 0.25) is 5.91 Å². The highest BCUT2D eigenvalue weighted by Crippen LogP contribution is 2.28. The Labute approximate surface area is 161 Å². The van der Waals surface area contributed by atoms with E-state index in [1.54, 1.807) is 29.2 Å². The number of nitrogens with zero attached hydrogens (tertiary/aromatic N) is 4. The minimum atomic E-state index is -0.738. The molecule has 2 N–H and O–H groups in total. The Morgan fingerprint density at radius 2 is 2.18 bits per heavy atom. The van der Waals surface area contributed by atoms with Crippen molar-refractivity contribution >= 4 is 11.6 Å². The van der Waals surface area contributed by atoms with Crippen LogP contribution in [0, 0.1) is 21.4 Å². The summed E-state index contributed by atoms with van der Waals surface area (Å²) in [4.78, 5) is 28.4. The van der Waals surface area contributed by atoms with E-state index in [1.807, 2.05) is 0 Å². The van der Waals surface area contributed by atoms with Crippen molar-refractivity contribution in [3.63, 3.8) is 0 Å². The summed E-state index contributed by atoms with van der Waals surface area (Å²) in [7, 11) is 0. The first-order valence-corrected chi connectivity index (χ1v) is 8.81. The van der Waals surface area contributed by atoms with Crippen molar-refractivity contribution in [2.24, 2.45) is 5.73 Å². The lowest BCUT2D eigenvalue weighted by Crippen LogP contribution is -2.46. The van der Waals surface area contributed by atoms with Gasteiger partial charge in [0.15, 0.2) is 0 Å². The van der Waals surface area contributed by atoms with Crippen LogP contribution in [-0.2, 0) is 11.2 Å². The van der Waals surface area contributed by atoms with E-state index in [0.29, 0.717) is 25.1 Å². The van der Waals surface area contributed by atoms with Gasteiger partial charge in [-0.1, -0.05) is 12.1 Å². The number of pyridine rings is 1. The van der Waals surface area contributed by atoms with Crippen molar-refractivity contribution in [1.82, 2.24) is 9.88 Å². The zero-order valence-electron chi connectivity index (χ0n) is 15.0. The van der Waals surface area contributed by atoms with Gasteiger partial charge in [0.05, 0.1) is 17.0 Å². The fourth-order valence-corrected chi connectivity index (χ4v) is 3.12. The molecule has 28 heavy (non-hydrogen) atoms. The summed E-state index contributed by atoms with van der Waals surface area (Å²) >= 11 is 0. The molecule has 9 heteroatoms. The quantitative estimate of drug-likeness (QED) is 0.598. The van der Waals surface area contributed by atoms with E-state index in [0.717, 1.165) is 12.0 Å². The van der Waals surface area contributed by atoms with Crippen LogP contribution in [0.4, 0.5) is 5.69 Å². The molecule has 0 saturated carbocycles. The van der Waals surface area contributed by atoms with Crippen LogP contribution in [0.5, 0.6) is 11.6 Å². The lowest BCUT2D eigenvalue weighted by atomic mass is 10.1. The zero-order chi connectivity index (χ0) is 20.1. The maximum absolute atomic E-state index is 12.5. The van der Waals surface area contributed by atoms with Gasteiger partial charge in [-0.05, 0) is 43.0 Å². The molecule has 1 aromatic carbocycles. The highest BCUT2D eigenvalue weighted by Gasteiger charge is 2.31. The van der Waals surface area contributed by atoms with Gasteiger partial charge >= 0.3 is 5.69 Å². The average molecular weight is 381 g/mol. The Hall–Kier alpha value is -3.51. The van der Waals surface area contributed by atoms with Gasteiger partial charge in [-0.2, -0.15) is 5.26 Å². The molecule has 1 aromatic heterocycles. The van der Waals surface area contributed by atoms with E-state index in [-0.39, 0.29) is 17.5 Å². The van der Waals surface area contributed by atoms with Gasteiger partial charge in [0.25, 0.3) is 5.88 Å². The normalized spacial score (nSPS) is 17.0. The molecular formula is C19H19N5O4. The summed E-state index contributed by atoms with van der Waals surface area (Å²) < 4.78 is 5.49. The van der Waals surface area contributed by atoms with E-state index in [1.165, 1.54) is 18.3 Å². The molecule has 1 aliphatic rings. The molecule has 2 heterocycles. The molecule has 2 aromatic rings. The van der Waals surface area contributed by atoms with Crippen LogP contribution < -0.4 is 10.5 Å². The SMILES string of the molecule is N#CC1CCCN1C(=O)[C@@H](N)Cc1ccc(Oc2ncccc2[N+](=O)[O-])cc1. The highest BCUT2D eigenvalue weighted by atomic mass is 16.6. The molecule has 0 radical (unpaired) electrons. The second kappa shape index (κ2) is 8.45. The summed E-state index contributed by atoms with van der Waals surface area (Å²) in [5, 5.41) is 20.1. The lowest BCUT2D eigenvalue weighted by Gasteiger charge is -2.23. The molecular weight excluding hydrogens is 362 g/mol. The maximum Gasteiger partial charge on any atom is 0.331 e. The third-order valence-corrected chi connectivity index (χ3v) is 4.54. The van der Waals surface area contributed by atoms with E-state index in [9.17, 15) is 14.9 Å². The first-order chi connectivity index (χ1) is 13.5. The number of carbonyl (C=O) groups is 1. The van der Waals surface area contributed by atoms with Gasteiger partial charge < -0.3 is 15.4 Å². The van der Waals surface area contributed by atoms with Crippen molar-refractivity contribution in [3.05, 3.63) is 58.3 Å². The number of nitrogens with two attached hydrogens (primary N) is 1. The minimum absolute atomic E-state index is 0.0938. The molecule has 0 spiro atoms. The Morgan fingerprint density at radius 3 is 2.86 bits per heavy atom. The fraction of sp³-hybridized carbons (Fsp3) is 0.316. The third kappa shape index (κ3) is 4.24. The summed E-state index contributed by atoms with van der Waals surface area (Å²) in [6.07, 6.45) is 3.22. The largest absolute Gasteiger partial charge is 0.434 e.